The third-order valence-electron chi connectivity index (χ3n) is 3.47. The molecular weight excluding hydrogens is 246 g/mol. The third-order valence-corrected chi connectivity index (χ3v) is 3.74. The first kappa shape index (κ1) is 13.9. The molecule has 0 saturated heterocycles. The van der Waals surface area contributed by atoms with Gasteiger partial charge in [-0.2, -0.15) is 0 Å². The van der Waals surface area contributed by atoms with Gasteiger partial charge in [0.1, 0.15) is 0 Å². The molecule has 100 valence electrons. The number of benzene rings is 1. The number of hydrogen-bond donors (Lipinski definition) is 0. The lowest BCUT2D eigenvalue weighted by atomic mass is 10.1. The monoisotopic (exact) mass is 267 g/mol. The van der Waals surface area contributed by atoms with Gasteiger partial charge in [-0.1, -0.05) is 18.2 Å². The zero-order chi connectivity index (χ0) is 13.0. The minimum absolute atomic E-state index is 0.0643. The van der Waals surface area contributed by atoms with Gasteiger partial charge in [0.25, 0.3) is 0 Å². The summed E-state index contributed by atoms with van der Waals surface area (Å²) in [5.41, 5.74) is 4.47. The van der Waals surface area contributed by atoms with E-state index < -0.39 is 0 Å². The van der Waals surface area contributed by atoms with Crippen molar-refractivity contribution in [2.24, 2.45) is 0 Å². The SMILES string of the molecule is COCC(Cl)CN(C)Cc1ccc2c(c1)CCC2. The maximum absolute atomic E-state index is 6.17. The fourth-order valence-corrected chi connectivity index (χ4v) is 3.03. The van der Waals surface area contributed by atoms with Gasteiger partial charge in [-0.15, -0.1) is 11.6 Å². The summed E-state index contributed by atoms with van der Waals surface area (Å²) in [6.07, 6.45) is 3.81. The van der Waals surface area contributed by atoms with Crippen LogP contribution in [0.2, 0.25) is 0 Å². The van der Waals surface area contributed by atoms with Crippen LogP contribution >= 0.6 is 11.6 Å². The highest BCUT2D eigenvalue weighted by Gasteiger charge is 2.12. The lowest BCUT2D eigenvalue weighted by Gasteiger charge is -2.20. The van der Waals surface area contributed by atoms with Crippen molar-refractivity contribution >= 4 is 11.6 Å². The Morgan fingerprint density at radius 1 is 1.33 bits per heavy atom. The summed E-state index contributed by atoms with van der Waals surface area (Å²) >= 11 is 6.17. The zero-order valence-corrected chi connectivity index (χ0v) is 12.0. The maximum atomic E-state index is 6.17. The molecule has 1 atom stereocenters. The summed E-state index contributed by atoms with van der Waals surface area (Å²) in [6.45, 7) is 2.42. The highest BCUT2D eigenvalue weighted by atomic mass is 35.5. The third kappa shape index (κ3) is 3.71. The van der Waals surface area contributed by atoms with Crippen molar-refractivity contribution in [3.05, 3.63) is 34.9 Å². The van der Waals surface area contributed by atoms with Crippen LogP contribution in [0.1, 0.15) is 23.1 Å². The molecule has 0 N–H and O–H groups in total. The van der Waals surface area contributed by atoms with E-state index in [2.05, 4.69) is 30.1 Å². The van der Waals surface area contributed by atoms with Gasteiger partial charge in [0.15, 0.2) is 0 Å². The lowest BCUT2D eigenvalue weighted by molar-refractivity contribution is 0.181. The molecule has 0 saturated carbocycles. The van der Waals surface area contributed by atoms with Crippen molar-refractivity contribution in [3.8, 4) is 0 Å². The summed E-state index contributed by atoms with van der Waals surface area (Å²) in [7, 11) is 3.80. The molecule has 18 heavy (non-hydrogen) atoms. The van der Waals surface area contributed by atoms with Gasteiger partial charge in [0.05, 0.1) is 12.0 Å². The highest BCUT2D eigenvalue weighted by Crippen LogP contribution is 2.23. The zero-order valence-electron chi connectivity index (χ0n) is 11.3. The van der Waals surface area contributed by atoms with E-state index in [-0.39, 0.29) is 5.38 Å². The van der Waals surface area contributed by atoms with E-state index in [1.165, 1.54) is 30.4 Å². The van der Waals surface area contributed by atoms with Crippen LogP contribution in [0.25, 0.3) is 0 Å². The minimum atomic E-state index is 0.0643. The molecule has 0 heterocycles. The van der Waals surface area contributed by atoms with Crippen LogP contribution in [-0.2, 0) is 24.1 Å². The summed E-state index contributed by atoms with van der Waals surface area (Å²) in [4.78, 5) is 2.26. The quantitative estimate of drug-likeness (QED) is 0.735. The molecule has 0 aliphatic heterocycles. The van der Waals surface area contributed by atoms with E-state index in [0.717, 1.165) is 13.1 Å². The van der Waals surface area contributed by atoms with Crippen LogP contribution in [0.3, 0.4) is 0 Å². The Labute approximate surface area is 115 Å². The van der Waals surface area contributed by atoms with Crippen LogP contribution in [0.5, 0.6) is 0 Å². The van der Waals surface area contributed by atoms with Gasteiger partial charge < -0.3 is 9.64 Å². The van der Waals surface area contributed by atoms with Crippen LogP contribution in [-0.4, -0.2) is 37.6 Å². The predicted molar refractivity (Wildman–Crippen MR) is 76.3 cm³/mol. The van der Waals surface area contributed by atoms with Crippen molar-refractivity contribution in [2.45, 2.75) is 31.2 Å². The molecule has 1 aromatic rings. The fourth-order valence-electron chi connectivity index (χ4n) is 2.67. The summed E-state index contributed by atoms with van der Waals surface area (Å²) < 4.78 is 5.06. The number of hydrogen-bond acceptors (Lipinski definition) is 2. The molecule has 0 bridgehead atoms. The molecule has 1 aliphatic rings. The van der Waals surface area contributed by atoms with E-state index in [0.29, 0.717) is 6.61 Å². The first-order valence-electron chi connectivity index (χ1n) is 6.61. The summed E-state index contributed by atoms with van der Waals surface area (Å²) in [5.74, 6) is 0. The largest absolute Gasteiger partial charge is 0.383 e. The smallest absolute Gasteiger partial charge is 0.0696 e. The van der Waals surface area contributed by atoms with E-state index >= 15 is 0 Å². The number of aryl methyl sites for hydroxylation is 2. The molecule has 3 heteroatoms. The number of fused-ring (bicyclic) bond motifs is 1. The molecule has 0 aromatic heterocycles. The number of alkyl halides is 1. The molecule has 0 spiro atoms. The Morgan fingerprint density at radius 2 is 2.11 bits per heavy atom. The molecule has 0 amide bonds. The highest BCUT2D eigenvalue weighted by molar-refractivity contribution is 6.20. The molecule has 1 aliphatic carbocycles. The van der Waals surface area contributed by atoms with E-state index in [1.54, 1.807) is 12.7 Å². The van der Waals surface area contributed by atoms with E-state index in [4.69, 9.17) is 16.3 Å². The van der Waals surface area contributed by atoms with E-state index in [1.807, 2.05) is 0 Å². The van der Waals surface area contributed by atoms with Crippen molar-refractivity contribution in [3.63, 3.8) is 0 Å². The second-order valence-corrected chi connectivity index (χ2v) is 5.82. The lowest BCUT2D eigenvalue weighted by Crippen LogP contribution is -2.28. The molecule has 0 fully saturated rings. The Balaban J connectivity index is 1.89. The minimum Gasteiger partial charge on any atom is -0.383 e. The van der Waals surface area contributed by atoms with Crippen molar-refractivity contribution < 1.29 is 4.74 Å². The van der Waals surface area contributed by atoms with Gasteiger partial charge in [-0.05, 0) is 43.0 Å². The first-order chi connectivity index (χ1) is 8.69. The average Bonchev–Trinajstić information content (AvgIpc) is 2.76. The van der Waals surface area contributed by atoms with Crippen molar-refractivity contribution in [1.29, 1.82) is 0 Å². The number of rotatable bonds is 6. The van der Waals surface area contributed by atoms with Crippen LogP contribution < -0.4 is 0 Å². The van der Waals surface area contributed by atoms with Crippen LogP contribution in [0, 0.1) is 0 Å². The van der Waals surface area contributed by atoms with Gasteiger partial charge in [-0.25, -0.2) is 0 Å². The molecule has 0 radical (unpaired) electrons. The summed E-state index contributed by atoms with van der Waals surface area (Å²) in [5, 5.41) is 0.0643. The van der Waals surface area contributed by atoms with Crippen molar-refractivity contribution in [2.75, 3.05) is 27.3 Å². The molecule has 1 unspecified atom stereocenters. The second kappa shape index (κ2) is 6.55. The first-order valence-corrected chi connectivity index (χ1v) is 7.05. The van der Waals surface area contributed by atoms with Gasteiger partial charge >= 0.3 is 0 Å². The number of nitrogens with zero attached hydrogens (tertiary/aromatic N) is 1. The maximum Gasteiger partial charge on any atom is 0.0696 e. The predicted octanol–water partition coefficient (Wildman–Crippen LogP) is 2.86. The van der Waals surface area contributed by atoms with Crippen molar-refractivity contribution in [1.82, 2.24) is 4.90 Å². The Kier molecular flexibility index (Phi) is 5.04. The van der Waals surface area contributed by atoms with Gasteiger partial charge in [0.2, 0.25) is 0 Å². The Bertz CT molecular complexity index is 394. The molecule has 2 nitrogen and oxygen atoms in total. The second-order valence-electron chi connectivity index (χ2n) is 5.21. The standard InChI is InChI=1S/C15H22ClNO/c1-17(10-15(16)11-18-2)9-12-6-7-13-4-3-5-14(13)8-12/h6-8,15H,3-5,9-11H2,1-2H3. The molecule has 2 rings (SSSR count). The van der Waals surface area contributed by atoms with Crippen LogP contribution in [0.15, 0.2) is 18.2 Å². The van der Waals surface area contributed by atoms with Gasteiger partial charge in [-0.3, -0.25) is 0 Å². The Hall–Kier alpha value is -0.570. The molecule has 1 aromatic carbocycles. The number of ether oxygens (including phenoxy) is 1. The summed E-state index contributed by atoms with van der Waals surface area (Å²) in [6, 6.07) is 6.90. The number of methoxy groups -OCH3 is 1. The normalized spacial score (nSPS) is 16.0. The van der Waals surface area contributed by atoms with E-state index in [9.17, 15) is 0 Å². The average molecular weight is 268 g/mol. The number of halogens is 1. The fraction of sp³-hybridized carbons (Fsp3) is 0.600. The van der Waals surface area contributed by atoms with Gasteiger partial charge in [0, 0.05) is 20.2 Å². The van der Waals surface area contributed by atoms with Crippen LogP contribution in [0.4, 0.5) is 0 Å². The topological polar surface area (TPSA) is 12.5 Å². The Morgan fingerprint density at radius 3 is 2.89 bits per heavy atom. The molecular formula is C15H22ClNO.